The van der Waals surface area contributed by atoms with Gasteiger partial charge in [-0.25, -0.2) is 0 Å². The highest BCUT2D eigenvalue weighted by molar-refractivity contribution is 5.82. The quantitative estimate of drug-likeness (QED) is 0.404. The predicted octanol–water partition coefficient (Wildman–Crippen LogP) is 4.60. The van der Waals surface area contributed by atoms with Crippen LogP contribution in [0.15, 0.2) is 84.0 Å². The molecule has 22 heavy (non-hydrogen) atoms. The summed E-state index contributed by atoms with van der Waals surface area (Å²) >= 11 is 0. The number of hydrogen-bond donors (Lipinski definition) is 0. The Morgan fingerprint density at radius 1 is 0.636 bits per heavy atom. The maximum Gasteiger partial charge on any atom is 0.0568 e. The molecule has 0 aliphatic rings. The molecule has 2 nitrogen and oxygen atoms in total. The van der Waals surface area contributed by atoms with Crippen LogP contribution in [0.2, 0.25) is 0 Å². The van der Waals surface area contributed by atoms with E-state index in [1.807, 2.05) is 36.4 Å². The topological polar surface area (TPSA) is 24.7 Å². The molecule has 0 aliphatic heterocycles. The van der Waals surface area contributed by atoms with Crippen molar-refractivity contribution in [2.45, 2.75) is 12.8 Å². The minimum Gasteiger partial charge on any atom is -0.159 e. The normalized spacial score (nSPS) is 11.1. The minimum atomic E-state index is 0.886. The fraction of sp³-hybridized carbons (Fsp3) is 0.100. The van der Waals surface area contributed by atoms with E-state index in [2.05, 4.69) is 47.6 Å². The third-order valence-corrected chi connectivity index (χ3v) is 3.20. The van der Waals surface area contributed by atoms with Crippen molar-refractivity contribution in [2.75, 3.05) is 0 Å². The third kappa shape index (κ3) is 4.98. The van der Waals surface area contributed by atoms with Gasteiger partial charge in [-0.3, -0.25) is 0 Å². The molecule has 0 aromatic heterocycles. The van der Waals surface area contributed by atoms with Gasteiger partial charge in [0.2, 0.25) is 0 Å². The molecule has 0 fully saturated rings. The number of nitrogens with zero attached hydrogens (tertiary/aromatic N) is 2. The van der Waals surface area contributed by atoms with Gasteiger partial charge in [-0.05, 0) is 35.1 Å². The molecular formula is C20H20N2. The molecule has 2 heteroatoms. The number of rotatable bonds is 7. The average Bonchev–Trinajstić information content (AvgIpc) is 2.55. The second-order valence-corrected chi connectivity index (χ2v) is 4.96. The number of hydrogen-bond acceptors (Lipinski definition) is 2. The summed E-state index contributed by atoms with van der Waals surface area (Å²) in [4.78, 5) is 0. The Labute approximate surface area is 132 Å². The third-order valence-electron chi connectivity index (χ3n) is 3.20. The lowest BCUT2D eigenvalue weighted by atomic mass is 10.1. The van der Waals surface area contributed by atoms with Crippen LogP contribution in [0.1, 0.15) is 22.3 Å². The zero-order valence-electron chi connectivity index (χ0n) is 12.7. The molecule has 0 heterocycles. The van der Waals surface area contributed by atoms with Crippen molar-refractivity contribution in [3.63, 3.8) is 0 Å². The standard InChI is InChI=1S/C20H20N2/c1-3-5-17-7-11-19(12-8-17)15-21-22-16-20-13-9-18(6-4-2)10-14-20/h3-4,7-16H,1-2,5-6H2. The van der Waals surface area contributed by atoms with Gasteiger partial charge in [0.15, 0.2) is 0 Å². The van der Waals surface area contributed by atoms with E-state index in [1.54, 1.807) is 12.4 Å². The fourth-order valence-electron chi connectivity index (χ4n) is 2.01. The van der Waals surface area contributed by atoms with Crippen molar-refractivity contribution in [3.05, 3.63) is 96.1 Å². The fourth-order valence-corrected chi connectivity index (χ4v) is 2.01. The van der Waals surface area contributed by atoms with Crippen LogP contribution in [0.3, 0.4) is 0 Å². The van der Waals surface area contributed by atoms with E-state index in [9.17, 15) is 0 Å². The Kier molecular flexibility index (Phi) is 6.06. The first-order valence-electron chi connectivity index (χ1n) is 7.28. The van der Waals surface area contributed by atoms with E-state index in [4.69, 9.17) is 0 Å². The first-order chi connectivity index (χ1) is 10.8. The van der Waals surface area contributed by atoms with Crippen molar-refractivity contribution in [2.24, 2.45) is 10.2 Å². The Balaban J connectivity index is 1.93. The molecule has 0 spiro atoms. The summed E-state index contributed by atoms with van der Waals surface area (Å²) in [6, 6.07) is 16.4. The van der Waals surface area contributed by atoms with Gasteiger partial charge >= 0.3 is 0 Å². The summed E-state index contributed by atoms with van der Waals surface area (Å²) in [5.41, 5.74) is 4.56. The molecule has 0 saturated heterocycles. The molecule has 0 bridgehead atoms. The number of allylic oxidation sites excluding steroid dienone is 2. The van der Waals surface area contributed by atoms with Crippen LogP contribution in [0, 0.1) is 0 Å². The molecule has 0 radical (unpaired) electrons. The maximum atomic E-state index is 4.08. The molecule has 110 valence electrons. The molecule has 0 amide bonds. The first kappa shape index (κ1) is 15.6. The van der Waals surface area contributed by atoms with E-state index in [0.717, 1.165) is 24.0 Å². The van der Waals surface area contributed by atoms with Gasteiger partial charge < -0.3 is 0 Å². The van der Waals surface area contributed by atoms with Crippen LogP contribution < -0.4 is 0 Å². The Hall–Kier alpha value is -2.74. The highest BCUT2D eigenvalue weighted by Crippen LogP contribution is 2.05. The summed E-state index contributed by atoms with van der Waals surface area (Å²) in [5, 5.41) is 8.16. The summed E-state index contributed by atoms with van der Waals surface area (Å²) in [6.07, 6.45) is 9.07. The molecule has 2 aromatic carbocycles. The lowest BCUT2D eigenvalue weighted by molar-refractivity contribution is 1.25. The SMILES string of the molecule is C=CCc1ccc(C=NN=Cc2ccc(CC=C)cc2)cc1. The van der Waals surface area contributed by atoms with Crippen LogP contribution in [0.5, 0.6) is 0 Å². The summed E-state index contributed by atoms with van der Waals surface area (Å²) in [6.45, 7) is 7.47. The van der Waals surface area contributed by atoms with Gasteiger partial charge in [-0.1, -0.05) is 60.7 Å². The van der Waals surface area contributed by atoms with Crippen LogP contribution in [0.4, 0.5) is 0 Å². The van der Waals surface area contributed by atoms with Gasteiger partial charge in [0.05, 0.1) is 12.4 Å². The van der Waals surface area contributed by atoms with Crippen molar-refractivity contribution in [1.29, 1.82) is 0 Å². The lowest BCUT2D eigenvalue weighted by Gasteiger charge is -1.97. The largest absolute Gasteiger partial charge is 0.159 e. The molecule has 2 rings (SSSR count). The zero-order chi connectivity index (χ0) is 15.6. The van der Waals surface area contributed by atoms with Gasteiger partial charge in [0.25, 0.3) is 0 Å². The number of benzene rings is 2. The highest BCUT2D eigenvalue weighted by Gasteiger charge is 1.91. The smallest absolute Gasteiger partial charge is 0.0568 e. The molecule has 0 N–H and O–H groups in total. The van der Waals surface area contributed by atoms with Gasteiger partial charge in [0.1, 0.15) is 0 Å². The van der Waals surface area contributed by atoms with Crippen molar-refractivity contribution < 1.29 is 0 Å². The minimum absolute atomic E-state index is 0.886. The predicted molar refractivity (Wildman–Crippen MR) is 95.9 cm³/mol. The molecule has 0 aliphatic carbocycles. The lowest BCUT2D eigenvalue weighted by Crippen LogP contribution is -1.85. The van der Waals surface area contributed by atoms with Crippen molar-refractivity contribution >= 4 is 12.4 Å². The average molecular weight is 288 g/mol. The van der Waals surface area contributed by atoms with Crippen molar-refractivity contribution in [3.8, 4) is 0 Å². The molecule has 0 saturated carbocycles. The molecular weight excluding hydrogens is 268 g/mol. The van der Waals surface area contributed by atoms with Crippen LogP contribution in [-0.4, -0.2) is 12.4 Å². The van der Waals surface area contributed by atoms with Gasteiger partial charge in [-0.2, -0.15) is 10.2 Å². The Morgan fingerprint density at radius 2 is 1.00 bits per heavy atom. The van der Waals surface area contributed by atoms with Crippen LogP contribution in [0.25, 0.3) is 0 Å². The summed E-state index contributed by atoms with van der Waals surface area (Å²) in [7, 11) is 0. The van der Waals surface area contributed by atoms with Gasteiger partial charge in [0, 0.05) is 0 Å². The molecule has 0 atom stereocenters. The van der Waals surface area contributed by atoms with E-state index in [1.165, 1.54) is 11.1 Å². The van der Waals surface area contributed by atoms with E-state index in [-0.39, 0.29) is 0 Å². The highest BCUT2D eigenvalue weighted by atomic mass is 15.2. The van der Waals surface area contributed by atoms with E-state index in [0.29, 0.717) is 0 Å². The first-order valence-corrected chi connectivity index (χ1v) is 7.28. The van der Waals surface area contributed by atoms with E-state index < -0.39 is 0 Å². The van der Waals surface area contributed by atoms with Crippen molar-refractivity contribution in [1.82, 2.24) is 0 Å². The second-order valence-electron chi connectivity index (χ2n) is 4.96. The molecule has 0 unspecified atom stereocenters. The monoisotopic (exact) mass is 288 g/mol. The molecule has 2 aromatic rings. The van der Waals surface area contributed by atoms with Crippen LogP contribution >= 0.6 is 0 Å². The maximum absolute atomic E-state index is 4.08. The Morgan fingerprint density at radius 3 is 1.32 bits per heavy atom. The second kappa shape index (κ2) is 8.53. The van der Waals surface area contributed by atoms with Gasteiger partial charge in [-0.15, -0.1) is 13.2 Å². The summed E-state index contributed by atoms with van der Waals surface area (Å²) < 4.78 is 0. The van der Waals surface area contributed by atoms with E-state index >= 15 is 0 Å². The zero-order valence-corrected chi connectivity index (χ0v) is 12.7. The van der Waals surface area contributed by atoms with Crippen LogP contribution in [-0.2, 0) is 12.8 Å². The Bertz CT molecular complexity index is 600. The summed E-state index contributed by atoms with van der Waals surface area (Å²) in [5.74, 6) is 0.